The van der Waals surface area contributed by atoms with E-state index in [-0.39, 0.29) is 11.8 Å². The van der Waals surface area contributed by atoms with E-state index in [1.54, 1.807) is 6.08 Å². The van der Waals surface area contributed by atoms with Crippen LogP contribution in [0.4, 0.5) is 5.69 Å². The molecule has 0 aromatic heterocycles. The maximum absolute atomic E-state index is 12.4. The monoisotopic (exact) mass is 392 g/mol. The molecule has 1 aliphatic heterocycles. The zero-order valence-corrected chi connectivity index (χ0v) is 17.3. The molecule has 0 bridgehead atoms. The quantitative estimate of drug-likeness (QED) is 0.739. The summed E-state index contributed by atoms with van der Waals surface area (Å²) in [4.78, 5) is 27.9. The van der Waals surface area contributed by atoms with Crippen LogP contribution in [-0.4, -0.2) is 49.4 Å². The molecule has 2 aromatic rings. The van der Waals surface area contributed by atoms with E-state index in [2.05, 4.69) is 18.3 Å². The number of rotatable bonds is 6. The Labute approximate surface area is 173 Å². The number of carbonyl (C=O) groups excluding carboxylic acids is 2. The van der Waals surface area contributed by atoms with E-state index >= 15 is 0 Å². The van der Waals surface area contributed by atoms with Crippen LogP contribution in [0.1, 0.15) is 23.6 Å². The van der Waals surface area contributed by atoms with E-state index in [9.17, 15) is 9.59 Å². The Morgan fingerprint density at radius 2 is 1.86 bits per heavy atom. The Morgan fingerprint density at radius 3 is 2.59 bits per heavy atom. The molecule has 3 rings (SSSR count). The number of hydrogen-bond acceptors (Lipinski definition) is 2. The molecular formula is C24H30N3O2+. The minimum Gasteiger partial charge on any atom is -0.328 e. The zero-order valence-electron chi connectivity index (χ0n) is 17.3. The Balaban J connectivity index is 1.46. The average Bonchev–Trinajstić information content (AvgIpc) is 2.73. The number of amides is 2. The van der Waals surface area contributed by atoms with Crippen LogP contribution in [-0.2, 0) is 16.0 Å². The third-order valence-corrected chi connectivity index (χ3v) is 5.33. The Hall–Kier alpha value is -2.92. The van der Waals surface area contributed by atoms with Crippen molar-refractivity contribution in [2.45, 2.75) is 20.3 Å². The van der Waals surface area contributed by atoms with Gasteiger partial charge in [-0.1, -0.05) is 55.0 Å². The van der Waals surface area contributed by atoms with Gasteiger partial charge in [-0.05, 0) is 36.6 Å². The van der Waals surface area contributed by atoms with Gasteiger partial charge in [0.2, 0.25) is 5.91 Å². The van der Waals surface area contributed by atoms with Crippen molar-refractivity contribution in [1.29, 1.82) is 0 Å². The number of carbonyl (C=O) groups is 2. The lowest BCUT2D eigenvalue weighted by atomic mass is 10.1. The van der Waals surface area contributed by atoms with Crippen LogP contribution in [0.25, 0.3) is 6.08 Å². The molecule has 29 heavy (non-hydrogen) atoms. The molecule has 5 heteroatoms. The van der Waals surface area contributed by atoms with Crippen LogP contribution >= 0.6 is 0 Å². The molecule has 0 aliphatic carbocycles. The highest BCUT2D eigenvalue weighted by Crippen LogP contribution is 2.14. The number of piperazine rings is 1. The number of anilines is 1. The minimum absolute atomic E-state index is 0.0278. The van der Waals surface area contributed by atoms with Gasteiger partial charge in [0, 0.05) is 11.8 Å². The van der Waals surface area contributed by atoms with Crippen molar-refractivity contribution in [3.63, 3.8) is 0 Å². The lowest BCUT2D eigenvalue weighted by Gasteiger charge is -2.31. The first-order valence-electron chi connectivity index (χ1n) is 10.3. The second-order valence-corrected chi connectivity index (χ2v) is 7.56. The van der Waals surface area contributed by atoms with Crippen LogP contribution < -0.4 is 10.2 Å². The Bertz CT molecular complexity index is 883. The SMILES string of the molecule is CCc1ccccc1NC(=O)C[NH+]1CCN(C(=O)/C=C/c2cccc(C)c2)CC1. The molecular weight excluding hydrogens is 362 g/mol. The van der Waals surface area contributed by atoms with E-state index in [4.69, 9.17) is 0 Å². The largest absolute Gasteiger partial charge is 0.328 e. The number of quaternary nitrogens is 1. The Morgan fingerprint density at radius 1 is 1.10 bits per heavy atom. The lowest BCUT2D eigenvalue weighted by Crippen LogP contribution is -3.15. The van der Waals surface area contributed by atoms with Crippen molar-refractivity contribution in [2.24, 2.45) is 0 Å². The molecule has 0 radical (unpaired) electrons. The second-order valence-electron chi connectivity index (χ2n) is 7.56. The molecule has 1 aliphatic rings. The molecule has 1 fully saturated rings. The van der Waals surface area contributed by atoms with E-state index in [0.717, 1.165) is 36.3 Å². The topological polar surface area (TPSA) is 53.9 Å². The molecule has 1 heterocycles. The number of benzene rings is 2. The van der Waals surface area contributed by atoms with Gasteiger partial charge in [-0.3, -0.25) is 9.59 Å². The van der Waals surface area contributed by atoms with Crippen LogP contribution in [0.15, 0.2) is 54.6 Å². The molecule has 1 saturated heterocycles. The van der Waals surface area contributed by atoms with Crippen molar-refractivity contribution < 1.29 is 14.5 Å². The third kappa shape index (κ3) is 6.03. The normalized spacial score (nSPS) is 14.9. The maximum Gasteiger partial charge on any atom is 0.279 e. The molecule has 2 N–H and O–H groups in total. The summed E-state index contributed by atoms with van der Waals surface area (Å²) in [6.07, 6.45) is 4.40. The predicted molar refractivity (Wildman–Crippen MR) is 117 cm³/mol. The molecule has 2 amide bonds. The van der Waals surface area contributed by atoms with Crippen LogP contribution in [0.2, 0.25) is 0 Å². The summed E-state index contributed by atoms with van der Waals surface area (Å²) in [5.41, 5.74) is 4.25. The predicted octanol–water partition coefficient (Wildman–Crippen LogP) is 1.94. The van der Waals surface area contributed by atoms with E-state index in [1.807, 2.05) is 60.4 Å². The van der Waals surface area contributed by atoms with E-state index in [1.165, 1.54) is 10.5 Å². The highest BCUT2D eigenvalue weighted by Gasteiger charge is 2.24. The van der Waals surface area contributed by atoms with Crippen molar-refractivity contribution in [3.05, 3.63) is 71.3 Å². The van der Waals surface area contributed by atoms with Crippen molar-refractivity contribution in [1.82, 2.24) is 4.90 Å². The zero-order chi connectivity index (χ0) is 20.6. The highest BCUT2D eigenvalue weighted by molar-refractivity contribution is 5.92. The van der Waals surface area contributed by atoms with Crippen LogP contribution in [0.3, 0.4) is 0 Å². The molecule has 152 valence electrons. The molecule has 0 unspecified atom stereocenters. The van der Waals surface area contributed by atoms with Gasteiger partial charge in [-0.15, -0.1) is 0 Å². The molecule has 0 atom stereocenters. The molecule has 5 nitrogen and oxygen atoms in total. The fourth-order valence-electron chi connectivity index (χ4n) is 3.64. The molecule has 0 saturated carbocycles. The minimum atomic E-state index is 0.0278. The number of hydrogen-bond donors (Lipinski definition) is 2. The second kappa shape index (κ2) is 10.0. The average molecular weight is 393 g/mol. The first-order valence-corrected chi connectivity index (χ1v) is 10.3. The fraction of sp³-hybridized carbons (Fsp3) is 0.333. The number of nitrogens with one attached hydrogen (secondary N) is 2. The summed E-state index contributed by atoms with van der Waals surface area (Å²) in [5, 5.41) is 3.03. The van der Waals surface area contributed by atoms with Crippen LogP contribution in [0, 0.1) is 6.92 Å². The maximum atomic E-state index is 12.4. The van der Waals surface area contributed by atoms with E-state index < -0.39 is 0 Å². The third-order valence-electron chi connectivity index (χ3n) is 5.33. The summed E-state index contributed by atoms with van der Waals surface area (Å²) in [7, 11) is 0. The highest BCUT2D eigenvalue weighted by atomic mass is 16.2. The first kappa shape index (κ1) is 20.8. The van der Waals surface area contributed by atoms with Gasteiger partial charge in [-0.25, -0.2) is 0 Å². The van der Waals surface area contributed by atoms with Gasteiger partial charge in [0.1, 0.15) is 0 Å². The smallest absolute Gasteiger partial charge is 0.279 e. The first-order chi connectivity index (χ1) is 14.0. The molecule has 0 spiro atoms. The van der Waals surface area contributed by atoms with Gasteiger partial charge >= 0.3 is 0 Å². The van der Waals surface area contributed by atoms with Gasteiger partial charge in [0.15, 0.2) is 6.54 Å². The summed E-state index contributed by atoms with van der Waals surface area (Å²) in [6.45, 7) is 7.47. The summed E-state index contributed by atoms with van der Waals surface area (Å²) in [5.74, 6) is 0.0619. The fourth-order valence-corrected chi connectivity index (χ4v) is 3.64. The summed E-state index contributed by atoms with van der Waals surface area (Å²) in [6, 6.07) is 16.0. The van der Waals surface area contributed by atoms with Crippen LogP contribution in [0.5, 0.6) is 0 Å². The van der Waals surface area contributed by atoms with Gasteiger partial charge < -0.3 is 15.1 Å². The summed E-state index contributed by atoms with van der Waals surface area (Å²) >= 11 is 0. The van der Waals surface area contributed by atoms with Crippen molar-refractivity contribution in [2.75, 3.05) is 38.0 Å². The number of para-hydroxylation sites is 1. The molecule has 2 aromatic carbocycles. The summed E-state index contributed by atoms with van der Waals surface area (Å²) < 4.78 is 0. The van der Waals surface area contributed by atoms with E-state index in [0.29, 0.717) is 19.6 Å². The van der Waals surface area contributed by atoms with Gasteiger partial charge in [-0.2, -0.15) is 0 Å². The number of aryl methyl sites for hydroxylation is 2. The van der Waals surface area contributed by atoms with Gasteiger partial charge in [0.25, 0.3) is 5.91 Å². The lowest BCUT2D eigenvalue weighted by molar-refractivity contribution is -0.895. The van der Waals surface area contributed by atoms with Crippen molar-refractivity contribution >= 4 is 23.6 Å². The standard InChI is InChI=1S/C24H29N3O2/c1-3-21-9-4-5-10-22(21)25-23(28)18-26-13-15-27(16-14-26)24(29)12-11-20-8-6-7-19(2)17-20/h4-12,17H,3,13-16,18H2,1-2H3,(H,25,28)/p+1/b12-11+. The van der Waals surface area contributed by atoms with Gasteiger partial charge in [0.05, 0.1) is 26.2 Å². The van der Waals surface area contributed by atoms with Crippen molar-refractivity contribution in [3.8, 4) is 0 Å². The number of nitrogens with zero attached hydrogens (tertiary/aromatic N) is 1. The Kier molecular flexibility index (Phi) is 7.19.